The summed E-state index contributed by atoms with van der Waals surface area (Å²) in [4.78, 5) is 26.8. The maximum absolute atomic E-state index is 12.9. The normalized spacial score (nSPS) is 15.4. The minimum atomic E-state index is -0.427. The zero-order valence-corrected chi connectivity index (χ0v) is 17.8. The Morgan fingerprint density at radius 2 is 1.74 bits per heavy atom. The Morgan fingerprint density at radius 1 is 1.06 bits per heavy atom. The molecule has 3 rings (SSSR count). The van der Waals surface area contributed by atoms with Gasteiger partial charge in [0.1, 0.15) is 5.75 Å². The molecule has 0 unspecified atom stereocenters. The van der Waals surface area contributed by atoms with Crippen LogP contribution in [0.1, 0.15) is 24.0 Å². The van der Waals surface area contributed by atoms with Crippen LogP contribution >= 0.6 is 0 Å². The molecule has 2 amide bonds. The lowest BCUT2D eigenvalue weighted by atomic mass is 10.00. The molecular weight excluding hydrogens is 398 g/mol. The average molecular weight is 423 g/mol. The number of rotatable bonds is 6. The number of likely N-dealkylation sites (tertiary alicyclic amines) is 1. The van der Waals surface area contributed by atoms with Gasteiger partial charge in [0.05, 0.1) is 21.3 Å². The van der Waals surface area contributed by atoms with Crippen molar-refractivity contribution in [3.05, 3.63) is 59.2 Å². The Morgan fingerprint density at radius 3 is 2.35 bits per heavy atom. The van der Waals surface area contributed by atoms with Gasteiger partial charge in [0.15, 0.2) is 11.5 Å². The number of para-hydroxylation sites is 1. The van der Waals surface area contributed by atoms with Crippen LogP contribution in [-0.4, -0.2) is 49.7 Å². The molecule has 31 heavy (non-hydrogen) atoms. The molecular formula is C24H25NO6. The number of nitrogens with zero attached hydrogens (tertiary/aromatic N) is 1. The lowest BCUT2D eigenvalue weighted by molar-refractivity contribution is -0.140. The molecule has 2 aromatic rings. The molecule has 0 saturated carbocycles. The smallest absolute Gasteiger partial charge is 0.256 e. The summed E-state index contributed by atoms with van der Waals surface area (Å²) in [5.41, 5.74) is 1.73. The molecule has 0 aliphatic carbocycles. The van der Waals surface area contributed by atoms with E-state index in [1.165, 1.54) is 44.4 Å². The van der Waals surface area contributed by atoms with Crippen molar-refractivity contribution in [3.63, 3.8) is 0 Å². The van der Waals surface area contributed by atoms with Gasteiger partial charge in [0, 0.05) is 23.8 Å². The number of benzene rings is 2. The zero-order chi connectivity index (χ0) is 22.4. The topological polar surface area (TPSA) is 85.3 Å². The van der Waals surface area contributed by atoms with E-state index in [4.69, 9.17) is 14.2 Å². The standard InChI is InChI=1S/C24H25NO6/c1-29-20-14-16(15-21(30-2)23(20)31-3)13-18-8-6-12-25(24(18)28)22(27)11-10-17-7-4-5-9-19(17)26/h4-5,7,9-11,13-15,26H,6,8,12H2,1-3H3/b11-10+,18-13+. The molecule has 1 heterocycles. The van der Waals surface area contributed by atoms with E-state index in [2.05, 4.69) is 0 Å². The van der Waals surface area contributed by atoms with Gasteiger partial charge in [-0.2, -0.15) is 0 Å². The molecule has 1 fully saturated rings. The molecule has 1 aliphatic rings. The minimum absolute atomic E-state index is 0.0690. The highest BCUT2D eigenvalue weighted by Crippen LogP contribution is 2.39. The number of piperidine rings is 1. The molecule has 1 aliphatic heterocycles. The van der Waals surface area contributed by atoms with E-state index in [0.29, 0.717) is 53.3 Å². The van der Waals surface area contributed by atoms with E-state index in [1.807, 2.05) is 0 Å². The average Bonchev–Trinajstić information content (AvgIpc) is 2.79. The number of phenolic OH excluding ortho intramolecular Hbond substituents is 1. The number of methoxy groups -OCH3 is 3. The van der Waals surface area contributed by atoms with Gasteiger partial charge in [-0.1, -0.05) is 18.2 Å². The zero-order valence-electron chi connectivity index (χ0n) is 17.8. The third kappa shape index (κ3) is 4.88. The first-order valence-electron chi connectivity index (χ1n) is 9.81. The molecule has 0 atom stereocenters. The first-order valence-corrected chi connectivity index (χ1v) is 9.81. The van der Waals surface area contributed by atoms with Crippen LogP contribution in [0.3, 0.4) is 0 Å². The number of imide groups is 1. The van der Waals surface area contributed by atoms with Crippen molar-refractivity contribution in [1.29, 1.82) is 0 Å². The van der Waals surface area contributed by atoms with Crippen LogP contribution < -0.4 is 14.2 Å². The highest BCUT2D eigenvalue weighted by Gasteiger charge is 2.27. The summed E-state index contributed by atoms with van der Waals surface area (Å²) in [6.45, 7) is 0.343. The Labute approximate surface area is 181 Å². The number of phenols is 1. The highest BCUT2D eigenvalue weighted by molar-refractivity contribution is 6.11. The largest absolute Gasteiger partial charge is 0.507 e. The van der Waals surface area contributed by atoms with Gasteiger partial charge in [-0.05, 0) is 48.8 Å². The van der Waals surface area contributed by atoms with Gasteiger partial charge in [-0.15, -0.1) is 0 Å². The second kappa shape index (κ2) is 9.84. The Kier molecular flexibility index (Phi) is 6.97. The van der Waals surface area contributed by atoms with Gasteiger partial charge in [0.2, 0.25) is 5.75 Å². The fourth-order valence-corrected chi connectivity index (χ4v) is 3.42. The van der Waals surface area contributed by atoms with Crippen molar-refractivity contribution in [1.82, 2.24) is 4.90 Å². The maximum atomic E-state index is 12.9. The molecule has 0 spiro atoms. The van der Waals surface area contributed by atoms with E-state index >= 15 is 0 Å². The minimum Gasteiger partial charge on any atom is -0.507 e. The third-order valence-corrected chi connectivity index (χ3v) is 4.98. The summed E-state index contributed by atoms with van der Waals surface area (Å²) < 4.78 is 16.1. The van der Waals surface area contributed by atoms with Gasteiger partial charge in [0.25, 0.3) is 11.8 Å². The Balaban J connectivity index is 1.84. The van der Waals surface area contributed by atoms with Gasteiger partial charge in [-0.3, -0.25) is 14.5 Å². The van der Waals surface area contributed by atoms with Crippen molar-refractivity contribution in [2.45, 2.75) is 12.8 Å². The van der Waals surface area contributed by atoms with Crippen LogP contribution in [0.25, 0.3) is 12.2 Å². The van der Waals surface area contributed by atoms with Gasteiger partial charge < -0.3 is 19.3 Å². The monoisotopic (exact) mass is 423 g/mol. The van der Waals surface area contributed by atoms with Gasteiger partial charge in [-0.25, -0.2) is 0 Å². The number of aromatic hydroxyl groups is 1. The van der Waals surface area contributed by atoms with E-state index < -0.39 is 5.91 Å². The highest BCUT2D eigenvalue weighted by atomic mass is 16.5. The van der Waals surface area contributed by atoms with E-state index in [0.717, 1.165) is 0 Å². The molecule has 1 N–H and O–H groups in total. The number of amides is 2. The van der Waals surface area contributed by atoms with E-state index in [-0.39, 0.29) is 11.7 Å². The number of carbonyl (C=O) groups is 2. The Hall–Kier alpha value is -3.74. The summed E-state index contributed by atoms with van der Waals surface area (Å²) in [5, 5.41) is 9.83. The van der Waals surface area contributed by atoms with Crippen LogP contribution in [0, 0.1) is 0 Å². The lowest BCUT2D eigenvalue weighted by Gasteiger charge is -2.26. The van der Waals surface area contributed by atoms with Crippen LogP contribution in [0.15, 0.2) is 48.0 Å². The van der Waals surface area contributed by atoms with Crippen LogP contribution in [0.2, 0.25) is 0 Å². The maximum Gasteiger partial charge on any atom is 0.256 e. The lowest BCUT2D eigenvalue weighted by Crippen LogP contribution is -2.40. The summed E-state index contributed by atoms with van der Waals surface area (Å²) in [6.07, 6.45) is 5.76. The quantitative estimate of drug-likeness (QED) is 0.714. The summed E-state index contributed by atoms with van der Waals surface area (Å²) in [7, 11) is 4.57. The van der Waals surface area contributed by atoms with Crippen molar-refractivity contribution >= 4 is 24.0 Å². The van der Waals surface area contributed by atoms with Crippen molar-refractivity contribution in [3.8, 4) is 23.0 Å². The van der Waals surface area contributed by atoms with Crippen molar-refractivity contribution in [2.75, 3.05) is 27.9 Å². The predicted octanol–water partition coefficient (Wildman–Crippen LogP) is 3.66. The van der Waals surface area contributed by atoms with E-state index in [1.54, 1.807) is 36.4 Å². The predicted molar refractivity (Wildman–Crippen MR) is 117 cm³/mol. The SMILES string of the molecule is COc1cc(/C=C2\CCCN(C(=O)/C=C/c3ccccc3O)C2=O)cc(OC)c1OC. The first kappa shape index (κ1) is 22.0. The molecule has 162 valence electrons. The van der Waals surface area contributed by atoms with Crippen molar-refractivity contribution in [2.24, 2.45) is 0 Å². The fraction of sp³-hybridized carbons (Fsp3) is 0.250. The molecule has 1 saturated heterocycles. The second-order valence-corrected chi connectivity index (χ2v) is 6.92. The van der Waals surface area contributed by atoms with Crippen LogP contribution in [-0.2, 0) is 9.59 Å². The summed E-state index contributed by atoms with van der Waals surface area (Å²) in [5.74, 6) is 0.731. The number of carbonyl (C=O) groups excluding carboxylic acids is 2. The molecule has 2 aromatic carbocycles. The molecule has 7 nitrogen and oxygen atoms in total. The summed E-state index contributed by atoms with van der Waals surface area (Å²) >= 11 is 0. The summed E-state index contributed by atoms with van der Waals surface area (Å²) in [6, 6.07) is 10.2. The molecule has 0 bridgehead atoms. The molecule has 0 aromatic heterocycles. The van der Waals surface area contributed by atoms with Crippen molar-refractivity contribution < 1.29 is 28.9 Å². The van der Waals surface area contributed by atoms with Crippen LogP contribution in [0.4, 0.5) is 0 Å². The third-order valence-electron chi connectivity index (χ3n) is 4.98. The van der Waals surface area contributed by atoms with E-state index in [9.17, 15) is 14.7 Å². The van der Waals surface area contributed by atoms with Gasteiger partial charge >= 0.3 is 0 Å². The number of ether oxygens (including phenoxy) is 3. The molecule has 7 heteroatoms. The first-order chi connectivity index (χ1) is 15.0. The van der Waals surface area contributed by atoms with Crippen LogP contribution in [0.5, 0.6) is 23.0 Å². The Bertz CT molecular complexity index is 1020. The number of hydrogen-bond acceptors (Lipinski definition) is 6. The second-order valence-electron chi connectivity index (χ2n) is 6.92. The fourth-order valence-electron chi connectivity index (χ4n) is 3.42. The number of hydrogen-bond donors (Lipinski definition) is 1. The molecule has 0 radical (unpaired) electrons.